The lowest BCUT2D eigenvalue weighted by atomic mass is 9.76. The minimum atomic E-state index is -4.68. The second-order valence-electron chi connectivity index (χ2n) is 9.21. The van der Waals surface area contributed by atoms with Crippen molar-refractivity contribution in [3.05, 3.63) is 69.8 Å². The van der Waals surface area contributed by atoms with Crippen LogP contribution in [0.15, 0.2) is 36.5 Å². The van der Waals surface area contributed by atoms with Crippen LogP contribution in [0.4, 0.5) is 19.0 Å². The Morgan fingerprint density at radius 1 is 1.06 bits per heavy atom. The zero-order valence-corrected chi connectivity index (χ0v) is 19.4. The minimum absolute atomic E-state index is 0.0940. The Balaban J connectivity index is 1.42. The van der Waals surface area contributed by atoms with Crippen LogP contribution in [0.3, 0.4) is 0 Å². The highest BCUT2D eigenvalue weighted by Gasteiger charge is 2.40. The number of aromatic nitrogens is 3. The zero-order valence-electron chi connectivity index (χ0n) is 18.7. The predicted molar refractivity (Wildman–Crippen MR) is 124 cm³/mol. The van der Waals surface area contributed by atoms with Crippen molar-refractivity contribution in [2.45, 2.75) is 45.4 Å². The van der Waals surface area contributed by atoms with E-state index in [9.17, 15) is 18.3 Å². The van der Waals surface area contributed by atoms with Crippen molar-refractivity contribution < 1.29 is 18.3 Å². The average Bonchev–Trinajstić information content (AvgIpc) is 3.16. The van der Waals surface area contributed by atoms with Crippen molar-refractivity contribution in [3.8, 4) is 11.3 Å². The molecule has 2 aliphatic rings. The molecule has 3 aromatic rings. The highest BCUT2D eigenvalue weighted by molar-refractivity contribution is 6.34. The summed E-state index contributed by atoms with van der Waals surface area (Å²) in [5, 5.41) is 9.51. The van der Waals surface area contributed by atoms with Gasteiger partial charge in [-0.2, -0.15) is 13.2 Å². The fourth-order valence-electron chi connectivity index (χ4n) is 5.30. The number of alkyl halides is 3. The van der Waals surface area contributed by atoms with Gasteiger partial charge in [-0.15, -0.1) is 0 Å². The smallest absolute Gasteiger partial charge is 0.390 e. The van der Waals surface area contributed by atoms with Gasteiger partial charge in [-0.1, -0.05) is 35.9 Å². The molecule has 0 atom stereocenters. The van der Waals surface area contributed by atoms with Crippen LogP contribution in [0.2, 0.25) is 5.02 Å². The van der Waals surface area contributed by atoms with Gasteiger partial charge in [0.05, 0.1) is 23.0 Å². The predicted octanol–water partition coefficient (Wildman–Crippen LogP) is 5.40. The normalized spacial score (nSPS) is 17.3. The number of nitrogens with zero attached hydrogens (tertiary/aromatic N) is 4. The van der Waals surface area contributed by atoms with E-state index in [0.717, 1.165) is 45.0 Å². The first kappa shape index (κ1) is 23.1. The van der Waals surface area contributed by atoms with Crippen molar-refractivity contribution >= 4 is 17.4 Å². The Morgan fingerprint density at radius 2 is 1.71 bits per heavy atom. The molecule has 1 N–H and O–H groups in total. The summed E-state index contributed by atoms with van der Waals surface area (Å²) in [7, 11) is 0. The maximum Gasteiger partial charge on any atom is 0.434 e. The number of halogens is 4. The van der Waals surface area contributed by atoms with Crippen molar-refractivity contribution in [2.75, 3.05) is 18.0 Å². The fourth-order valence-corrected chi connectivity index (χ4v) is 5.61. The second-order valence-corrected chi connectivity index (χ2v) is 9.59. The first-order valence-corrected chi connectivity index (χ1v) is 11.6. The number of aliphatic hydroxyl groups excluding tert-OH is 1. The van der Waals surface area contributed by atoms with Gasteiger partial charge in [0.1, 0.15) is 5.69 Å². The highest BCUT2D eigenvalue weighted by atomic mass is 35.5. The number of pyridine rings is 1. The summed E-state index contributed by atoms with van der Waals surface area (Å²) in [4.78, 5) is 14.7. The van der Waals surface area contributed by atoms with Crippen molar-refractivity contribution in [1.82, 2.24) is 15.0 Å². The minimum Gasteiger partial charge on any atom is -0.390 e. The quantitative estimate of drug-likeness (QED) is 0.535. The summed E-state index contributed by atoms with van der Waals surface area (Å²) >= 11 is 6.07. The van der Waals surface area contributed by atoms with Gasteiger partial charge < -0.3 is 10.0 Å². The topological polar surface area (TPSA) is 62.1 Å². The van der Waals surface area contributed by atoms with E-state index in [-0.39, 0.29) is 23.3 Å². The molecule has 1 saturated heterocycles. The average molecular weight is 489 g/mol. The van der Waals surface area contributed by atoms with Gasteiger partial charge in [0, 0.05) is 24.8 Å². The van der Waals surface area contributed by atoms with E-state index in [0.29, 0.717) is 17.2 Å². The summed E-state index contributed by atoms with van der Waals surface area (Å²) in [6, 6.07) is 9.99. The van der Waals surface area contributed by atoms with Gasteiger partial charge in [-0.25, -0.2) is 9.97 Å². The number of hydrogen-bond acceptors (Lipinski definition) is 5. The Morgan fingerprint density at radius 3 is 2.29 bits per heavy atom. The number of fused-ring (bicyclic) bond motifs is 1. The molecule has 5 nitrogen and oxygen atoms in total. The SMILES string of the molecule is Cc1nc(N2CCC3(CC2)Cc2ccccc2C3)c(CO)nc1-c1ccnc(C(F)(F)F)c1Cl. The van der Waals surface area contributed by atoms with Crippen LogP contribution in [0, 0.1) is 12.3 Å². The van der Waals surface area contributed by atoms with E-state index < -0.39 is 16.9 Å². The highest BCUT2D eigenvalue weighted by Crippen LogP contribution is 2.45. The van der Waals surface area contributed by atoms with E-state index >= 15 is 0 Å². The molecule has 1 spiro atoms. The molecule has 0 saturated carbocycles. The number of aliphatic hydroxyl groups is 1. The van der Waals surface area contributed by atoms with Crippen LogP contribution in [-0.4, -0.2) is 33.1 Å². The largest absolute Gasteiger partial charge is 0.434 e. The van der Waals surface area contributed by atoms with Crippen LogP contribution in [-0.2, 0) is 25.6 Å². The molecule has 2 aromatic heterocycles. The van der Waals surface area contributed by atoms with Gasteiger partial charge in [0.2, 0.25) is 0 Å². The molecular weight excluding hydrogens is 465 g/mol. The van der Waals surface area contributed by atoms with Gasteiger partial charge in [0.15, 0.2) is 11.5 Å². The van der Waals surface area contributed by atoms with Gasteiger partial charge in [-0.05, 0) is 55.2 Å². The summed E-state index contributed by atoms with van der Waals surface area (Å²) in [5.74, 6) is 0.579. The number of anilines is 1. The summed E-state index contributed by atoms with van der Waals surface area (Å²) in [6.07, 6.45) is 0.532. The van der Waals surface area contributed by atoms with Crippen LogP contribution < -0.4 is 4.90 Å². The monoisotopic (exact) mass is 488 g/mol. The third-order valence-corrected chi connectivity index (χ3v) is 7.44. The van der Waals surface area contributed by atoms with E-state index in [1.54, 1.807) is 6.92 Å². The maximum absolute atomic E-state index is 13.3. The van der Waals surface area contributed by atoms with Gasteiger partial charge >= 0.3 is 6.18 Å². The van der Waals surface area contributed by atoms with Crippen molar-refractivity contribution in [3.63, 3.8) is 0 Å². The lowest BCUT2D eigenvalue weighted by Crippen LogP contribution is -2.41. The van der Waals surface area contributed by atoms with Crippen LogP contribution in [0.5, 0.6) is 0 Å². The molecule has 5 rings (SSSR count). The third-order valence-electron chi connectivity index (χ3n) is 7.06. The Bertz CT molecular complexity index is 1210. The summed E-state index contributed by atoms with van der Waals surface area (Å²) < 4.78 is 39.8. The van der Waals surface area contributed by atoms with Crippen LogP contribution >= 0.6 is 11.6 Å². The molecule has 9 heteroatoms. The van der Waals surface area contributed by atoms with Crippen molar-refractivity contribution in [2.24, 2.45) is 5.41 Å². The standard InChI is InChI=1S/C25H24ClF3N4O/c1-15-21(18-6-9-30-22(20(18)26)25(27,28)29)32-19(14-34)23(31-15)33-10-7-24(8-11-33)12-16-4-2-3-5-17(16)13-24/h2-6,9,34H,7-8,10-14H2,1H3. The van der Waals surface area contributed by atoms with E-state index in [1.165, 1.54) is 17.2 Å². The molecule has 178 valence electrons. The molecule has 1 aliphatic heterocycles. The Labute approximate surface area is 200 Å². The number of hydrogen-bond donors (Lipinski definition) is 1. The molecule has 3 heterocycles. The zero-order chi connectivity index (χ0) is 24.1. The first-order chi connectivity index (χ1) is 16.2. The molecule has 0 bridgehead atoms. The number of piperidine rings is 1. The second kappa shape index (κ2) is 8.50. The Hall–Kier alpha value is -2.71. The lowest BCUT2D eigenvalue weighted by Gasteiger charge is -2.40. The van der Waals surface area contributed by atoms with Gasteiger partial charge in [0.25, 0.3) is 0 Å². The first-order valence-electron chi connectivity index (χ1n) is 11.2. The van der Waals surface area contributed by atoms with Crippen molar-refractivity contribution in [1.29, 1.82) is 0 Å². The molecular formula is C25H24ClF3N4O. The number of rotatable bonds is 3. The van der Waals surface area contributed by atoms with E-state index in [1.807, 2.05) is 0 Å². The molecule has 0 unspecified atom stereocenters. The molecule has 0 radical (unpaired) electrons. The van der Waals surface area contributed by atoms with E-state index in [4.69, 9.17) is 11.6 Å². The molecule has 1 aromatic carbocycles. The molecule has 1 aliphatic carbocycles. The molecule has 1 fully saturated rings. The number of aryl methyl sites for hydroxylation is 1. The van der Waals surface area contributed by atoms with Crippen LogP contribution in [0.1, 0.15) is 41.1 Å². The summed E-state index contributed by atoms with van der Waals surface area (Å²) in [5.41, 5.74) is 3.03. The molecule has 0 amide bonds. The number of benzene rings is 1. The van der Waals surface area contributed by atoms with E-state index in [2.05, 4.69) is 44.1 Å². The summed E-state index contributed by atoms with van der Waals surface area (Å²) in [6.45, 7) is 2.87. The van der Waals surface area contributed by atoms with Gasteiger partial charge in [-0.3, -0.25) is 4.98 Å². The molecule has 34 heavy (non-hydrogen) atoms. The maximum atomic E-state index is 13.3. The lowest BCUT2D eigenvalue weighted by molar-refractivity contribution is -0.141. The van der Waals surface area contributed by atoms with Crippen LogP contribution in [0.25, 0.3) is 11.3 Å². The third kappa shape index (κ3) is 4.03. The Kier molecular flexibility index (Phi) is 5.76. The fraction of sp³-hybridized carbons (Fsp3) is 0.400.